The first-order valence-corrected chi connectivity index (χ1v) is 17.3. The lowest BCUT2D eigenvalue weighted by atomic mass is 10.1. The predicted molar refractivity (Wildman–Crippen MR) is 132 cm³/mol. The Morgan fingerprint density at radius 2 is 1.71 bits per heavy atom. The summed E-state index contributed by atoms with van der Waals surface area (Å²) in [7, 11) is -4.79. The van der Waals surface area contributed by atoms with Crippen molar-refractivity contribution in [1.29, 1.82) is 0 Å². The molecule has 3 N–H and O–H groups in total. The van der Waals surface area contributed by atoms with Crippen LogP contribution in [-0.2, 0) is 15.3 Å². The summed E-state index contributed by atoms with van der Waals surface area (Å²) >= 11 is 0. The summed E-state index contributed by atoms with van der Waals surface area (Å²) < 4.78 is 53.7. The van der Waals surface area contributed by atoms with Crippen LogP contribution in [0.15, 0.2) is 11.0 Å². The molecule has 34 heavy (non-hydrogen) atoms. The van der Waals surface area contributed by atoms with Gasteiger partial charge in [0.15, 0.2) is 8.32 Å². The second-order valence-electron chi connectivity index (χ2n) is 12.4. The van der Waals surface area contributed by atoms with Crippen LogP contribution in [0.5, 0.6) is 0 Å². The predicted octanol–water partition coefficient (Wildman–Crippen LogP) is 4.93. The van der Waals surface area contributed by atoms with Gasteiger partial charge in [0.05, 0.1) is 19.9 Å². The fourth-order valence-corrected chi connectivity index (χ4v) is 7.74. The number of ether oxygens (including phenoxy) is 1. The Bertz CT molecular complexity index is 968. The molecule has 1 aromatic heterocycles. The molecule has 1 aromatic rings. The third-order valence-corrected chi connectivity index (χ3v) is 19.2. The summed E-state index contributed by atoms with van der Waals surface area (Å²) in [5.41, 5.74) is 3.20. The molecule has 1 aliphatic heterocycles. The summed E-state index contributed by atoms with van der Waals surface area (Å²) in [6.07, 6.45) is -6.14. The van der Waals surface area contributed by atoms with Crippen LogP contribution in [0.3, 0.4) is 0 Å². The first kappa shape index (κ1) is 29.0. The number of aliphatic hydroxyl groups is 1. The normalized spacial score (nSPS) is 25.1. The zero-order valence-electron chi connectivity index (χ0n) is 21.9. The number of rotatable bonds is 5. The van der Waals surface area contributed by atoms with Crippen molar-refractivity contribution in [2.75, 3.05) is 12.3 Å². The van der Waals surface area contributed by atoms with Crippen LogP contribution in [0.1, 0.15) is 59.8 Å². The van der Waals surface area contributed by atoms with E-state index in [0.717, 1.165) is 4.57 Å². The number of aromatic nitrogens is 2. The van der Waals surface area contributed by atoms with E-state index in [1.165, 1.54) is 0 Å². The summed E-state index contributed by atoms with van der Waals surface area (Å²) in [6, 6.07) is 0. The van der Waals surface area contributed by atoms with Gasteiger partial charge in [0.1, 0.15) is 23.7 Å². The average Bonchev–Trinajstić information content (AvgIpc) is 2.95. The average molecular weight is 524 g/mol. The number of halogens is 3. The molecule has 0 saturated carbocycles. The second kappa shape index (κ2) is 8.72. The van der Waals surface area contributed by atoms with E-state index in [2.05, 4.69) is 38.8 Å². The van der Waals surface area contributed by atoms with Crippen LogP contribution >= 0.6 is 0 Å². The van der Waals surface area contributed by atoms with E-state index in [9.17, 15) is 23.1 Å². The van der Waals surface area contributed by atoms with Gasteiger partial charge in [-0.1, -0.05) is 54.6 Å². The molecular formula is C22H40F3N3O4Si2. The minimum Gasteiger partial charge on any atom is -0.414 e. The summed E-state index contributed by atoms with van der Waals surface area (Å²) in [5, 5.41) is 10.4. The third-order valence-electron chi connectivity index (χ3n) is 8.30. The number of hydrogen-bond donors (Lipinski definition) is 2. The van der Waals surface area contributed by atoms with Crippen LogP contribution in [0.2, 0.25) is 36.3 Å². The number of hydrogen-bond acceptors (Lipinski definition) is 6. The van der Waals surface area contributed by atoms with Crippen LogP contribution in [0.25, 0.3) is 0 Å². The zero-order chi connectivity index (χ0) is 26.7. The zero-order valence-corrected chi connectivity index (χ0v) is 23.9. The van der Waals surface area contributed by atoms with Gasteiger partial charge in [-0.25, -0.2) is 4.79 Å². The van der Waals surface area contributed by atoms with Crippen molar-refractivity contribution in [2.45, 2.75) is 108 Å². The highest BCUT2D eigenvalue weighted by molar-refractivity contribution is 6.83. The molecule has 1 saturated heterocycles. The van der Waals surface area contributed by atoms with Crippen LogP contribution < -0.4 is 11.4 Å². The Morgan fingerprint density at radius 1 is 1.18 bits per heavy atom. The quantitative estimate of drug-likeness (QED) is 0.531. The molecule has 1 fully saturated rings. The monoisotopic (exact) mass is 523 g/mol. The molecule has 2 rings (SSSR count). The fourth-order valence-electron chi connectivity index (χ4n) is 3.80. The Hall–Kier alpha value is -1.22. The highest BCUT2D eigenvalue weighted by Gasteiger charge is 2.62. The number of nitrogens with zero attached hydrogens (tertiary/aromatic N) is 2. The highest BCUT2D eigenvalue weighted by Crippen LogP contribution is 2.52. The summed E-state index contributed by atoms with van der Waals surface area (Å²) in [6.45, 7) is 20.7. The number of nitrogen functional groups attached to an aromatic ring is 1. The number of alkyl halides is 3. The molecule has 196 valence electrons. The second-order valence-corrected chi connectivity index (χ2v) is 22.8. The first-order chi connectivity index (χ1) is 15.0. The largest absolute Gasteiger partial charge is 0.421 e. The van der Waals surface area contributed by atoms with Crippen LogP contribution in [-0.4, -0.2) is 49.0 Å². The Labute approximate surface area is 202 Å². The van der Waals surface area contributed by atoms with Crippen LogP contribution in [0.4, 0.5) is 19.0 Å². The van der Waals surface area contributed by atoms with E-state index in [1.807, 2.05) is 33.9 Å². The van der Waals surface area contributed by atoms with Gasteiger partial charge in [0, 0.05) is 12.6 Å². The van der Waals surface area contributed by atoms with Gasteiger partial charge in [-0.2, -0.15) is 18.2 Å². The summed E-state index contributed by atoms with van der Waals surface area (Å²) in [4.78, 5) is 15.9. The van der Waals surface area contributed by atoms with Gasteiger partial charge in [-0.3, -0.25) is 4.57 Å². The van der Waals surface area contributed by atoms with Crippen molar-refractivity contribution in [3.8, 4) is 0 Å². The Balaban J connectivity index is 2.56. The highest BCUT2D eigenvalue weighted by atomic mass is 28.4. The van der Waals surface area contributed by atoms with Crippen molar-refractivity contribution in [1.82, 2.24) is 9.55 Å². The van der Waals surface area contributed by atoms with Gasteiger partial charge in [0.25, 0.3) is 0 Å². The van der Waals surface area contributed by atoms with E-state index >= 15 is 0 Å². The molecule has 0 aromatic carbocycles. The van der Waals surface area contributed by atoms with E-state index in [1.54, 1.807) is 0 Å². The fraction of sp³-hybridized carbons (Fsp3) is 0.818. The standard InChI is InChI=1S/C22H40F3N3O4Si2/c1-19(2,3)33(7,8)21(30)11-16(32-15(21)13-31-34(9,10)20(4,5)6)28-12-14(22(23,24)25)17(26)27-18(28)29/h12,15-16,30H,11,13H2,1-10H3,(H2,26,27,29)/t15-,16-,21-/m1/s1. The first-order valence-electron chi connectivity index (χ1n) is 11.4. The molecule has 0 unspecified atom stereocenters. The molecule has 3 atom stereocenters. The van der Waals surface area contributed by atoms with Gasteiger partial charge < -0.3 is 20.0 Å². The smallest absolute Gasteiger partial charge is 0.414 e. The number of anilines is 1. The number of nitrogens with two attached hydrogens (primary N) is 1. The Morgan fingerprint density at radius 3 is 2.15 bits per heavy atom. The topological polar surface area (TPSA) is 99.6 Å². The third kappa shape index (κ3) is 5.15. The molecule has 2 heterocycles. The van der Waals surface area contributed by atoms with E-state index in [0.29, 0.717) is 6.20 Å². The van der Waals surface area contributed by atoms with Crippen molar-refractivity contribution < 1.29 is 27.4 Å². The molecular weight excluding hydrogens is 483 g/mol. The lowest BCUT2D eigenvalue weighted by molar-refractivity contribution is -0.138. The van der Waals surface area contributed by atoms with Crippen molar-refractivity contribution in [2.24, 2.45) is 0 Å². The van der Waals surface area contributed by atoms with E-state index in [-0.39, 0.29) is 23.1 Å². The molecule has 1 aliphatic rings. The molecule has 0 amide bonds. The molecule has 0 aliphatic carbocycles. The molecule has 7 nitrogen and oxygen atoms in total. The SMILES string of the molecule is CC(C)(C)[Si](C)(C)OC[C@H]1O[C@@H](n2cc(C(F)(F)F)c(N)nc2=O)C[C@@]1(O)[Si](C)(C)C(C)(C)C. The van der Waals surface area contributed by atoms with Gasteiger partial charge >= 0.3 is 11.9 Å². The maximum Gasteiger partial charge on any atom is 0.421 e. The van der Waals surface area contributed by atoms with Crippen molar-refractivity contribution in [3.63, 3.8) is 0 Å². The minimum absolute atomic E-state index is 0.0438. The maximum absolute atomic E-state index is 13.5. The van der Waals surface area contributed by atoms with Crippen molar-refractivity contribution in [3.05, 3.63) is 22.2 Å². The molecule has 0 radical (unpaired) electrons. The Kier molecular flexibility index (Phi) is 7.44. The summed E-state index contributed by atoms with van der Waals surface area (Å²) in [5.74, 6) is -0.885. The maximum atomic E-state index is 13.5. The van der Waals surface area contributed by atoms with Crippen LogP contribution in [0, 0.1) is 0 Å². The molecule has 0 bridgehead atoms. The van der Waals surface area contributed by atoms with Gasteiger partial charge in [0.2, 0.25) is 0 Å². The van der Waals surface area contributed by atoms with E-state index in [4.69, 9.17) is 14.9 Å². The van der Waals surface area contributed by atoms with E-state index < -0.39 is 57.2 Å². The lowest BCUT2D eigenvalue weighted by Gasteiger charge is -2.49. The van der Waals surface area contributed by atoms with Crippen molar-refractivity contribution >= 4 is 22.2 Å². The molecule has 0 spiro atoms. The van der Waals surface area contributed by atoms with Gasteiger partial charge in [-0.15, -0.1) is 0 Å². The molecule has 12 heteroatoms. The van der Waals surface area contributed by atoms with Gasteiger partial charge in [-0.05, 0) is 23.2 Å². The minimum atomic E-state index is -4.79. The lowest BCUT2D eigenvalue weighted by Crippen LogP contribution is -2.65.